The van der Waals surface area contributed by atoms with E-state index in [1.807, 2.05) is 6.20 Å². The molecule has 3 rings (SSSR count). The summed E-state index contributed by atoms with van der Waals surface area (Å²) in [6.45, 7) is 9.23. The highest BCUT2D eigenvalue weighted by Crippen LogP contribution is 2.16. The molecule has 26 heavy (non-hydrogen) atoms. The van der Waals surface area contributed by atoms with Gasteiger partial charge in [-0.2, -0.15) is 0 Å². The fraction of sp³-hybridized carbons (Fsp3) is 0.524. The van der Waals surface area contributed by atoms with Gasteiger partial charge in [-0.25, -0.2) is 4.98 Å². The van der Waals surface area contributed by atoms with Crippen LogP contribution in [0.1, 0.15) is 38.1 Å². The molecule has 0 atom stereocenters. The molecule has 1 aromatic carbocycles. The lowest BCUT2D eigenvalue weighted by Crippen LogP contribution is -2.45. The molecule has 0 bridgehead atoms. The van der Waals surface area contributed by atoms with Crippen molar-refractivity contribution < 1.29 is 0 Å². The Hall–Kier alpha value is -2.30. The molecule has 0 saturated carbocycles. The van der Waals surface area contributed by atoms with E-state index in [4.69, 9.17) is 4.99 Å². The number of nitrogens with one attached hydrogen (secondary N) is 1. The Balaban J connectivity index is 1.59. The summed E-state index contributed by atoms with van der Waals surface area (Å²) in [6.07, 6.45) is 7.32. The molecule has 140 valence electrons. The van der Waals surface area contributed by atoms with Gasteiger partial charge in [-0.05, 0) is 31.2 Å². The molecule has 0 spiro atoms. The number of benzene rings is 1. The van der Waals surface area contributed by atoms with Crippen molar-refractivity contribution in [2.24, 2.45) is 10.9 Å². The minimum atomic E-state index is 0.764. The predicted octanol–water partition coefficient (Wildman–Crippen LogP) is 3.17. The third-order valence-electron chi connectivity index (χ3n) is 5.01. The van der Waals surface area contributed by atoms with Gasteiger partial charge in [0.15, 0.2) is 5.96 Å². The van der Waals surface area contributed by atoms with Gasteiger partial charge in [-0.1, -0.05) is 37.3 Å². The maximum absolute atomic E-state index is 4.86. The maximum atomic E-state index is 4.86. The van der Waals surface area contributed by atoms with E-state index in [1.165, 1.54) is 18.4 Å². The van der Waals surface area contributed by atoms with Crippen LogP contribution >= 0.6 is 0 Å². The van der Waals surface area contributed by atoms with Crippen LogP contribution in [0.4, 0.5) is 0 Å². The van der Waals surface area contributed by atoms with Gasteiger partial charge in [0.05, 0.1) is 0 Å². The third-order valence-corrected chi connectivity index (χ3v) is 5.01. The van der Waals surface area contributed by atoms with Gasteiger partial charge in [-0.15, -0.1) is 0 Å². The zero-order valence-electron chi connectivity index (χ0n) is 16.1. The first-order valence-corrected chi connectivity index (χ1v) is 9.83. The van der Waals surface area contributed by atoms with Gasteiger partial charge in [0.1, 0.15) is 5.82 Å². The van der Waals surface area contributed by atoms with Crippen molar-refractivity contribution in [1.82, 2.24) is 19.8 Å². The van der Waals surface area contributed by atoms with Crippen molar-refractivity contribution >= 4 is 5.96 Å². The maximum Gasteiger partial charge on any atom is 0.193 e. The minimum Gasteiger partial charge on any atom is -0.357 e. The van der Waals surface area contributed by atoms with E-state index in [1.54, 1.807) is 0 Å². The fourth-order valence-electron chi connectivity index (χ4n) is 3.40. The first-order chi connectivity index (χ1) is 12.8. The third kappa shape index (κ3) is 5.10. The number of nitrogens with zero attached hydrogens (tertiary/aromatic N) is 4. The van der Waals surface area contributed by atoms with Crippen molar-refractivity contribution in [3.05, 3.63) is 54.1 Å². The zero-order chi connectivity index (χ0) is 18.2. The average molecular weight is 354 g/mol. The second kappa shape index (κ2) is 9.41. The SMILES string of the molecule is CCNC(=NCCc1nccn1Cc1ccccc1)N1CCC(C)CC1. The van der Waals surface area contributed by atoms with Crippen LogP contribution in [0.3, 0.4) is 0 Å². The largest absolute Gasteiger partial charge is 0.357 e. The summed E-state index contributed by atoms with van der Waals surface area (Å²) < 4.78 is 2.22. The molecule has 0 unspecified atom stereocenters. The Morgan fingerprint density at radius 2 is 2.00 bits per heavy atom. The molecule has 2 heterocycles. The number of imidazole rings is 1. The van der Waals surface area contributed by atoms with Gasteiger partial charge < -0.3 is 14.8 Å². The first kappa shape index (κ1) is 18.5. The van der Waals surface area contributed by atoms with Crippen molar-refractivity contribution in [1.29, 1.82) is 0 Å². The van der Waals surface area contributed by atoms with Gasteiger partial charge in [0, 0.05) is 51.5 Å². The van der Waals surface area contributed by atoms with Crippen molar-refractivity contribution in [2.75, 3.05) is 26.2 Å². The summed E-state index contributed by atoms with van der Waals surface area (Å²) in [6, 6.07) is 10.5. The van der Waals surface area contributed by atoms with Crippen LogP contribution in [-0.4, -0.2) is 46.6 Å². The molecule has 0 aliphatic carbocycles. The number of hydrogen-bond acceptors (Lipinski definition) is 2. The summed E-state index contributed by atoms with van der Waals surface area (Å²) in [4.78, 5) is 11.8. The van der Waals surface area contributed by atoms with E-state index in [-0.39, 0.29) is 0 Å². The number of rotatable bonds is 6. The molecule has 1 aromatic heterocycles. The lowest BCUT2D eigenvalue weighted by atomic mass is 10.00. The topological polar surface area (TPSA) is 45.5 Å². The summed E-state index contributed by atoms with van der Waals surface area (Å²) in [5.41, 5.74) is 1.30. The van der Waals surface area contributed by atoms with Crippen LogP contribution in [-0.2, 0) is 13.0 Å². The van der Waals surface area contributed by atoms with Crippen LogP contribution in [0.25, 0.3) is 0 Å². The Bertz CT molecular complexity index is 683. The van der Waals surface area contributed by atoms with E-state index in [0.29, 0.717) is 0 Å². The van der Waals surface area contributed by atoms with E-state index in [0.717, 1.165) is 56.8 Å². The van der Waals surface area contributed by atoms with E-state index >= 15 is 0 Å². The monoisotopic (exact) mass is 353 g/mol. The number of guanidine groups is 1. The molecule has 1 aliphatic heterocycles. The van der Waals surface area contributed by atoms with E-state index in [9.17, 15) is 0 Å². The highest BCUT2D eigenvalue weighted by molar-refractivity contribution is 5.80. The molecule has 0 radical (unpaired) electrons. The fourth-order valence-corrected chi connectivity index (χ4v) is 3.40. The Morgan fingerprint density at radius 1 is 1.23 bits per heavy atom. The molecular weight excluding hydrogens is 322 g/mol. The van der Waals surface area contributed by atoms with Crippen molar-refractivity contribution in [2.45, 2.75) is 39.7 Å². The average Bonchev–Trinajstić information content (AvgIpc) is 3.09. The van der Waals surface area contributed by atoms with Crippen LogP contribution in [0.2, 0.25) is 0 Å². The van der Waals surface area contributed by atoms with Gasteiger partial charge in [0.25, 0.3) is 0 Å². The van der Waals surface area contributed by atoms with Gasteiger partial charge in [0.2, 0.25) is 0 Å². The summed E-state index contributed by atoms with van der Waals surface area (Å²) in [5, 5.41) is 3.45. The molecular formula is C21H31N5. The number of piperidine rings is 1. The van der Waals surface area contributed by atoms with E-state index in [2.05, 4.69) is 70.1 Å². The second-order valence-electron chi connectivity index (χ2n) is 7.11. The number of aromatic nitrogens is 2. The van der Waals surface area contributed by atoms with Crippen LogP contribution in [0, 0.1) is 5.92 Å². The summed E-state index contributed by atoms with van der Waals surface area (Å²) >= 11 is 0. The molecule has 2 aromatic rings. The summed E-state index contributed by atoms with van der Waals surface area (Å²) in [5.74, 6) is 2.99. The molecule has 1 N–H and O–H groups in total. The standard InChI is InChI=1S/C21H31N5/c1-3-22-21(25-14-10-18(2)11-15-25)24-12-9-20-23-13-16-26(20)17-19-7-5-4-6-8-19/h4-8,13,16,18H,3,9-12,14-15,17H2,1-2H3,(H,22,24). The molecule has 5 nitrogen and oxygen atoms in total. The van der Waals surface area contributed by atoms with Gasteiger partial charge >= 0.3 is 0 Å². The Kier molecular flexibility index (Phi) is 6.69. The molecule has 0 amide bonds. The Morgan fingerprint density at radius 3 is 2.73 bits per heavy atom. The lowest BCUT2D eigenvalue weighted by molar-refractivity contribution is 0.273. The van der Waals surface area contributed by atoms with Gasteiger partial charge in [-0.3, -0.25) is 4.99 Å². The highest BCUT2D eigenvalue weighted by atomic mass is 15.3. The van der Waals surface area contributed by atoms with Crippen molar-refractivity contribution in [3.8, 4) is 0 Å². The molecule has 1 saturated heterocycles. The molecule has 1 fully saturated rings. The molecule has 1 aliphatic rings. The predicted molar refractivity (Wildman–Crippen MR) is 107 cm³/mol. The quantitative estimate of drug-likeness (QED) is 0.641. The second-order valence-corrected chi connectivity index (χ2v) is 7.11. The Labute approximate surface area is 157 Å². The normalized spacial score (nSPS) is 16.1. The number of likely N-dealkylation sites (tertiary alicyclic amines) is 1. The minimum absolute atomic E-state index is 0.764. The van der Waals surface area contributed by atoms with Crippen LogP contribution in [0.15, 0.2) is 47.7 Å². The number of hydrogen-bond donors (Lipinski definition) is 1. The van der Waals surface area contributed by atoms with Crippen molar-refractivity contribution in [3.63, 3.8) is 0 Å². The zero-order valence-corrected chi connectivity index (χ0v) is 16.1. The van der Waals surface area contributed by atoms with E-state index < -0.39 is 0 Å². The first-order valence-electron chi connectivity index (χ1n) is 9.83. The molecule has 5 heteroatoms. The lowest BCUT2D eigenvalue weighted by Gasteiger charge is -2.33. The number of aliphatic imine (C=N–C) groups is 1. The van der Waals surface area contributed by atoms with Crippen LogP contribution < -0.4 is 5.32 Å². The smallest absolute Gasteiger partial charge is 0.193 e. The summed E-state index contributed by atoms with van der Waals surface area (Å²) in [7, 11) is 0. The highest BCUT2D eigenvalue weighted by Gasteiger charge is 2.18. The van der Waals surface area contributed by atoms with Crippen LogP contribution in [0.5, 0.6) is 0 Å².